The highest BCUT2D eigenvalue weighted by atomic mass is 35.5. The van der Waals surface area contributed by atoms with E-state index in [1.807, 2.05) is 12.3 Å². The highest BCUT2D eigenvalue weighted by molar-refractivity contribution is 6.36. The van der Waals surface area contributed by atoms with Crippen LogP contribution in [0.1, 0.15) is 45.5 Å². The van der Waals surface area contributed by atoms with E-state index in [1.54, 1.807) is 42.5 Å². The molecule has 0 radical (unpaired) electrons. The van der Waals surface area contributed by atoms with Crippen LogP contribution in [-0.2, 0) is 0 Å². The molecule has 3 aromatic rings. The predicted octanol–water partition coefficient (Wildman–Crippen LogP) is 5.99. The van der Waals surface area contributed by atoms with Gasteiger partial charge in [0.05, 0.1) is 21.3 Å². The van der Waals surface area contributed by atoms with E-state index in [0.717, 1.165) is 38.2 Å². The number of hydrogen-bond acceptors (Lipinski definition) is 4. The first-order chi connectivity index (χ1) is 16.9. The van der Waals surface area contributed by atoms with Gasteiger partial charge in [0.1, 0.15) is 5.82 Å². The van der Waals surface area contributed by atoms with Gasteiger partial charge in [0.2, 0.25) is 0 Å². The molecule has 1 aromatic heterocycles. The van der Waals surface area contributed by atoms with Gasteiger partial charge in [-0.2, -0.15) is 0 Å². The van der Waals surface area contributed by atoms with Crippen LogP contribution in [0.25, 0.3) is 0 Å². The number of amides is 2. The summed E-state index contributed by atoms with van der Waals surface area (Å²) in [6.45, 7) is 4.63. The highest BCUT2D eigenvalue weighted by Gasteiger charge is 2.21. The number of rotatable bonds is 7. The van der Waals surface area contributed by atoms with Crippen LogP contribution in [-0.4, -0.2) is 36.4 Å². The second-order valence-electron chi connectivity index (χ2n) is 8.75. The Hall–Kier alpha value is -3.09. The summed E-state index contributed by atoms with van der Waals surface area (Å²) in [4.78, 5) is 32.2. The van der Waals surface area contributed by atoms with Gasteiger partial charge >= 0.3 is 0 Å². The van der Waals surface area contributed by atoms with E-state index >= 15 is 0 Å². The fourth-order valence-electron chi connectivity index (χ4n) is 4.33. The van der Waals surface area contributed by atoms with Crippen LogP contribution >= 0.6 is 23.2 Å². The largest absolute Gasteiger partial charge is 0.356 e. The highest BCUT2D eigenvalue weighted by Crippen LogP contribution is 2.27. The lowest BCUT2D eigenvalue weighted by Crippen LogP contribution is -2.36. The number of aromatic nitrogens is 1. The number of hydrogen-bond donors (Lipinski definition) is 2. The molecule has 4 rings (SSSR count). The second kappa shape index (κ2) is 11.6. The minimum absolute atomic E-state index is 0.198. The number of piperidine rings is 1. The molecule has 1 saturated heterocycles. The maximum Gasteiger partial charge on any atom is 0.257 e. The van der Waals surface area contributed by atoms with Crippen LogP contribution < -0.4 is 15.5 Å². The molecular weight excluding hydrogens is 483 g/mol. The predicted molar refractivity (Wildman–Crippen MR) is 142 cm³/mol. The first kappa shape index (κ1) is 25.0. The SMILES string of the molecule is Cc1cccnc1N1CCC(CCNC(=O)c2ccc(Cl)c(NC(=O)c3ccccc3Cl)c2)CC1. The van der Waals surface area contributed by atoms with E-state index in [2.05, 4.69) is 33.5 Å². The van der Waals surface area contributed by atoms with E-state index in [9.17, 15) is 9.59 Å². The molecule has 8 heteroatoms. The van der Waals surface area contributed by atoms with Crippen molar-refractivity contribution in [2.45, 2.75) is 26.2 Å². The average molecular weight is 511 g/mol. The Morgan fingerprint density at radius 1 is 1.00 bits per heavy atom. The zero-order chi connectivity index (χ0) is 24.8. The van der Waals surface area contributed by atoms with Crippen molar-refractivity contribution < 1.29 is 9.59 Å². The van der Waals surface area contributed by atoms with Gasteiger partial charge in [-0.1, -0.05) is 41.4 Å². The van der Waals surface area contributed by atoms with Gasteiger partial charge < -0.3 is 15.5 Å². The lowest BCUT2D eigenvalue weighted by molar-refractivity contribution is 0.0949. The third-order valence-electron chi connectivity index (χ3n) is 6.33. The van der Waals surface area contributed by atoms with Gasteiger partial charge in [0.15, 0.2) is 0 Å². The molecule has 1 fully saturated rings. The van der Waals surface area contributed by atoms with Crippen molar-refractivity contribution in [1.82, 2.24) is 10.3 Å². The minimum atomic E-state index is -0.387. The zero-order valence-corrected chi connectivity index (χ0v) is 21.1. The Morgan fingerprint density at radius 3 is 2.51 bits per heavy atom. The molecule has 2 heterocycles. The fraction of sp³-hybridized carbons (Fsp3) is 0.296. The van der Waals surface area contributed by atoms with Gasteiger partial charge in [-0.05, 0) is 74.1 Å². The molecule has 35 heavy (non-hydrogen) atoms. The number of aryl methyl sites for hydroxylation is 1. The topological polar surface area (TPSA) is 74.3 Å². The van der Waals surface area contributed by atoms with Crippen molar-refractivity contribution in [3.05, 3.63) is 87.5 Å². The minimum Gasteiger partial charge on any atom is -0.356 e. The molecule has 2 amide bonds. The third kappa shape index (κ3) is 6.32. The smallest absolute Gasteiger partial charge is 0.257 e. The van der Waals surface area contributed by atoms with Crippen molar-refractivity contribution in [2.75, 3.05) is 29.9 Å². The molecule has 0 atom stereocenters. The fourth-order valence-corrected chi connectivity index (χ4v) is 4.72. The van der Waals surface area contributed by atoms with Crippen LogP contribution in [0.15, 0.2) is 60.8 Å². The Balaban J connectivity index is 1.28. The lowest BCUT2D eigenvalue weighted by atomic mass is 9.93. The van der Waals surface area contributed by atoms with E-state index in [4.69, 9.17) is 23.2 Å². The molecule has 0 bridgehead atoms. The van der Waals surface area contributed by atoms with E-state index in [1.165, 1.54) is 5.56 Å². The van der Waals surface area contributed by atoms with E-state index in [0.29, 0.717) is 39.3 Å². The van der Waals surface area contributed by atoms with Gasteiger partial charge in [0, 0.05) is 31.4 Å². The Kier molecular flexibility index (Phi) is 8.26. The second-order valence-corrected chi connectivity index (χ2v) is 9.56. The van der Waals surface area contributed by atoms with Crippen molar-refractivity contribution in [3.8, 4) is 0 Å². The molecule has 2 aromatic carbocycles. The van der Waals surface area contributed by atoms with Crippen molar-refractivity contribution in [3.63, 3.8) is 0 Å². The summed E-state index contributed by atoms with van der Waals surface area (Å²) in [7, 11) is 0. The molecule has 2 N–H and O–H groups in total. The summed E-state index contributed by atoms with van der Waals surface area (Å²) < 4.78 is 0. The summed E-state index contributed by atoms with van der Waals surface area (Å²) in [6.07, 6.45) is 4.91. The Bertz CT molecular complexity index is 1210. The zero-order valence-electron chi connectivity index (χ0n) is 19.6. The average Bonchev–Trinajstić information content (AvgIpc) is 2.86. The summed E-state index contributed by atoms with van der Waals surface area (Å²) in [6, 6.07) is 15.6. The summed E-state index contributed by atoms with van der Waals surface area (Å²) >= 11 is 12.4. The Morgan fingerprint density at radius 2 is 1.77 bits per heavy atom. The van der Waals surface area contributed by atoms with Gasteiger partial charge in [-0.25, -0.2) is 4.98 Å². The van der Waals surface area contributed by atoms with Gasteiger partial charge in [0.25, 0.3) is 11.8 Å². The van der Waals surface area contributed by atoms with Crippen molar-refractivity contribution >= 4 is 46.5 Å². The molecule has 1 aliphatic heterocycles. The summed E-state index contributed by atoms with van der Waals surface area (Å²) in [5.41, 5.74) is 2.33. The van der Waals surface area contributed by atoms with Crippen molar-refractivity contribution in [1.29, 1.82) is 0 Å². The molecule has 0 saturated carbocycles. The molecular formula is C27H28Cl2N4O2. The molecule has 182 valence electrons. The number of halogens is 2. The van der Waals surface area contributed by atoms with Crippen molar-refractivity contribution in [2.24, 2.45) is 5.92 Å². The Labute approximate surface area is 215 Å². The van der Waals surface area contributed by atoms with Gasteiger partial charge in [-0.15, -0.1) is 0 Å². The van der Waals surface area contributed by atoms with E-state index < -0.39 is 0 Å². The lowest BCUT2D eigenvalue weighted by Gasteiger charge is -2.33. The molecule has 0 spiro atoms. The van der Waals surface area contributed by atoms with Crippen LogP contribution in [0.2, 0.25) is 10.0 Å². The molecule has 0 unspecified atom stereocenters. The quantitative estimate of drug-likeness (QED) is 0.409. The first-order valence-corrected chi connectivity index (χ1v) is 12.5. The van der Waals surface area contributed by atoms with Gasteiger partial charge in [-0.3, -0.25) is 9.59 Å². The summed E-state index contributed by atoms with van der Waals surface area (Å²) in [5, 5.41) is 6.43. The number of anilines is 2. The normalized spacial score (nSPS) is 14.0. The monoisotopic (exact) mass is 510 g/mol. The molecule has 6 nitrogen and oxygen atoms in total. The number of carbonyl (C=O) groups is 2. The third-order valence-corrected chi connectivity index (χ3v) is 6.99. The van der Waals surface area contributed by atoms with Crippen LogP contribution in [0, 0.1) is 12.8 Å². The van der Waals surface area contributed by atoms with Crippen LogP contribution in [0.4, 0.5) is 11.5 Å². The van der Waals surface area contributed by atoms with Crippen LogP contribution in [0.3, 0.4) is 0 Å². The number of nitrogens with one attached hydrogen (secondary N) is 2. The first-order valence-electron chi connectivity index (χ1n) is 11.7. The van der Waals surface area contributed by atoms with E-state index in [-0.39, 0.29) is 11.8 Å². The number of carbonyl (C=O) groups excluding carboxylic acids is 2. The van der Waals surface area contributed by atoms with Crippen LogP contribution in [0.5, 0.6) is 0 Å². The maximum atomic E-state index is 12.7. The number of pyridine rings is 1. The standard InChI is InChI=1S/C27H28Cl2N4O2/c1-18-5-4-13-30-25(18)33-15-11-19(12-16-33)10-14-31-26(34)20-8-9-23(29)24(17-20)32-27(35)21-6-2-3-7-22(21)28/h2-9,13,17,19H,10-12,14-16H2,1H3,(H,31,34)(H,32,35). The molecule has 0 aliphatic carbocycles. The number of nitrogens with zero attached hydrogens (tertiary/aromatic N) is 2. The summed E-state index contributed by atoms with van der Waals surface area (Å²) in [5.74, 6) is 1.05. The maximum absolute atomic E-state index is 12.7. The molecule has 1 aliphatic rings. The number of benzene rings is 2.